The fraction of sp³-hybridized carbons (Fsp3) is 0.714. The molecule has 1 aromatic rings. The molecule has 1 saturated heterocycles. The van der Waals surface area contributed by atoms with Crippen molar-refractivity contribution in [3.63, 3.8) is 0 Å². The molecule has 2 heterocycles. The van der Waals surface area contributed by atoms with E-state index in [9.17, 15) is 8.42 Å². The molecule has 1 aliphatic carbocycles. The van der Waals surface area contributed by atoms with Crippen LogP contribution in [-0.4, -0.2) is 38.0 Å². The molecule has 2 atom stereocenters. The van der Waals surface area contributed by atoms with Crippen LogP contribution in [0, 0.1) is 0 Å². The van der Waals surface area contributed by atoms with Crippen molar-refractivity contribution < 1.29 is 13.2 Å². The van der Waals surface area contributed by atoms with Crippen molar-refractivity contribution in [3.05, 3.63) is 17.0 Å². The minimum atomic E-state index is -3.35. The van der Waals surface area contributed by atoms with Gasteiger partial charge in [0.15, 0.2) is 0 Å². The zero-order valence-electron chi connectivity index (χ0n) is 11.7. The van der Waals surface area contributed by atoms with E-state index >= 15 is 0 Å². The SMILES string of the molecule is CCc1ccc(S(=O)(=O)N2CCO[C@@H]3CCCC[C@@H]32)s1. The first-order valence-corrected chi connectivity index (χ1v) is 9.60. The fourth-order valence-electron chi connectivity index (χ4n) is 3.16. The summed E-state index contributed by atoms with van der Waals surface area (Å²) in [5.41, 5.74) is 0. The summed E-state index contributed by atoms with van der Waals surface area (Å²) in [5, 5.41) is 0. The summed E-state index contributed by atoms with van der Waals surface area (Å²) in [6.45, 7) is 3.06. The summed E-state index contributed by atoms with van der Waals surface area (Å²) in [6.07, 6.45) is 5.14. The van der Waals surface area contributed by atoms with Crippen molar-refractivity contribution in [1.82, 2.24) is 4.31 Å². The van der Waals surface area contributed by atoms with Crippen LogP contribution in [0.25, 0.3) is 0 Å². The summed E-state index contributed by atoms with van der Waals surface area (Å²) in [4.78, 5) is 1.12. The molecule has 1 aliphatic heterocycles. The van der Waals surface area contributed by atoms with Crippen LogP contribution in [-0.2, 0) is 21.2 Å². The zero-order valence-corrected chi connectivity index (χ0v) is 13.4. The molecule has 0 bridgehead atoms. The number of fused-ring (bicyclic) bond motifs is 1. The van der Waals surface area contributed by atoms with E-state index in [0.717, 1.165) is 37.0 Å². The van der Waals surface area contributed by atoms with Crippen molar-refractivity contribution >= 4 is 21.4 Å². The van der Waals surface area contributed by atoms with Gasteiger partial charge in [0.05, 0.1) is 18.8 Å². The molecule has 0 unspecified atom stereocenters. The second kappa shape index (κ2) is 5.75. The van der Waals surface area contributed by atoms with E-state index in [1.54, 1.807) is 10.4 Å². The second-order valence-electron chi connectivity index (χ2n) is 5.45. The molecule has 2 aliphatic rings. The van der Waals surface area contributed by atoms with Crippen molar-refractivity contribution in [2.24, 2.45) is 0 Å². The molecule has 20 heavy (non-hydrogen) atoms. The van der Waals surface area contributed by atoms with Crippen molar-refractivity contribution in [2.75, 3.05) is 13.2 Å². The first kappa shape index (κ1) is 14.5. The zero-order chi connectivity index (χ0) is 14.2. The number of thiophene rings is 1. The van der Waals surface area contributed by atoms with Gasteiger partial charge in [0.1, 0.15) is 4.21 Å². The number of hydrogen-bond acceptors (Lipinski definition) is 4. The lowest BCUT2D eigenvalue weighted by atomic mass is 9.91. The van der Waals surface area contributed by atoms with Crippen LogP contribution in [0.3, 0.4) is 0 Å². The molecule has 3 rings (SSSR count). The highest BCUT2D eigenvalue weighted by Crippen LogP contribution is 2.34. The van der Waals surface area contributed by atoms with Crippen LogP contribution in [0.15, 0.2) is 16.3 Å². The highest BCUT2D eigenvalue weighted by molar-refractivity contribution is 7.91. The summed E-state index contributed by atoms with van der Waals surface area (Å²) in [7, 11) is -3.35. The highest BCUT2D eigenvalue weighted by Gasteiger charge is 2.41. The van der Waals surface area contributed by atoms with Gasteiger partial charge in [0.2, 0.25) is 0 Å². The molecule has 0 aromatic carbocycles. The van der Waals surface area contributed by atoms with Crippen LogP contribution in [0.1, 0.15) is 37.5 Å². The Bertz CT molecular complexity index is 565. The van der Waals surface area contributed by atoms with E-state index in [0.29, 0.717) is 17.4 Å². The van der Waals surface area contributed by atoms with Crippen LogP contribution in [0.5, 0.6) is 0 Å². The van der Waals surface area contributed by atoms with Gasteiger partial charge in [-0.25, -0.2) is 8.42 Å². The van der Waals surface area contributed by atoms with Gasteiger partial charge in [-0.3, -0.25) is 0 Å². The summed E-state index contributed by atoms with van der Waals surface area (Å²) >= 11 is 1.40. The third-order valence-electron chi connectivity index (χ3n) is 4.23. The van der Waals surface area contributed by atoms with Crippen molar-refractivity contribution in [3.8, 4) is 0 Å². The Morgan fingerprint density at radius 2 is 2.15 bits per heavy atom. The van der Waals surface area contributed by atoms with E-state index in [1.165, 1.54) is 11.3 Å². The lowest BCUT2D eigenvalue weighted by Gasteiger charge is -2.42. The Hall–Kier alpha value is -0.430. The highest BCUT2D eigenvalue weighted by atomic mass is 32.2. The lowest BCUT2D eigenvalue weighted by molar-refractivity contribution is -0.0585. The Kier molecular flexibility index (Phi) is 4.17. The minimum absolute atomic E-state index is 0.0367. The van der Waals surface area contributed by atoms with Gasteiger partial charge >= 0.3 is 0 Å². The topological polar surface area (TPSA) is 46.6 Å². The Morgan fingerprint density at radius 3 is 2.90 bits per heavy atom. The van der Waals surface area contributed by atoms with Crippen LogP contribution < -0.4 is 0 Å². The lowest BCUT2D eigenvalue weighted by Crippen LogP contribution is -2.54. The maximum absolute atomic E-state index is 12.9. The number of rotatable bonds is 3. The number of morpholine rings is 1. The van der Waals surface area contributed by atoms with Gasteiger partial charge in [-0.2, -0.15) is 4.31 Å². The van der Waals surface area contributed by atoms with Gasteiger partial charge in [-0.15, -0.1) is 11.3 Å². The second-order valence-corrected chi connectivity index (χ2v) is 8.74. The smallest absolute Gasteiger partial charge is 0.252 e. The molecule has 0 radical (unpaired) electrons. The molecule has 112 valence electrons. The first-order valence-electron chi connectivity index (χ1n) is 7.35. The number of hydrogen-bond donors (Lipinski definition) is 0. The van der Waals surface area contributed by atoms with Gasteiger partial charge in [0.25, 0.3) is 10.0 Å². The van der Waals surface area contributed by atoms with Gasteiger partial charge in [-0.05, 0) is 31.4 Å². The number of sulfonamides is 1. The largest absolute Gasteiger partial charge is 0.375 e. The molecular formula is C14H21NO3S2. The standard InChI is InChI=1S/C14H21NO3S2/c1-2-11-7-8-14(19-11)20(16,17)15-9-10-18-13-6-4-3-5-12(13)15/h7-8,12-13H,2-6,9-10H2,1H3/t12-,13+/m0/s1. The third-order valence-corrected chi connectivity index (χ3v) is 7.85. The van der Waals surface area contributed by atoms with Crippen molar-refractivity contribution in [2.45, 2.75) is 55.4 Å². The quantitative estimate of drug-likeness (QED) is 0.861. The monoisotopic (exact) mass is 315 g/mol. The van der Waals surface area contributed by atoms with Gasteiger partial charge < -0.3 is 4.74 Å². The van der Waals surface area contributed by atoms with E-state index in [4.69, 9.17) is 4.74 Å². The summed E-state index contributed by atoms with van der Waals surface area (Å²) < 4.78 is 33.7. The van der Waals surface area contributed by atoms with Crippen LogP contribution in [0.4, 0.5) is 0 Å². The van der Waals surface area contributed by atoms with Gasteiger partial charge in [0, 0.05) is 11.4 Å². The van der Waals surface area contributed by atoms with E-state index < -0.39 is 10.0 Å². The van der Waals surface area contributed by atoms with Crippen LogP contribution >= 0.6 is 11.3 Å². The Morgan fingerprint density at radius 1 is 1.35 bits per heavy atom. The normalized spacial score (nSPS) is 28.2. The van der Waals surface area contributed by atoms with E-state index in [-0.39, 0.29) is 12.1 Å². The number of nitrogens with zero attached hydrogens (tertiary/aromatic N) is 1. The number of aryl methyl sites for hydroxylation is 1. The molecule has 1 aromatic heterocycles. The third kappa shape index (κ3) is 2.54. The summed E-state index contributed by atoms with van der Waals surface area (Å²) in [5.74, 6) is 0. The van der Waals surface area contributed by atoms with Crippen molar-refractivity contribution in [1.29, 1.82) is 0 Å². The Balaban J connectivity index is 1.89. The molecule has 0 amide bonds. The predicted octanol–water partition coefficient (Wildman–Crippen LogP) is 2.64. The minimum Gasteiger partial charge on any atom is -0.375 e. The molecule has 2 fully saturated rings. The van der Waals surface area contributed by atoms with Gasteiger partial charge in [-0.1, -0.05) is 19.8 Å². The molecule has 4 nitrogen and oxygen atoms in total. The van der Waals surface area contributed by atoms with Crippen LogP contribution in [0.2, 0.25) is 0 Å². The first-order chi connectivity index (χ1) is 9.63. The molecular weight excluding hydrogens is 294 g/mol. The molecule has 1 saturated carbocycles. The molecule has 0 N–H and O–H groups in total. The average molecular weight is 315 g/mol. The molecule has 0 spiro atoms. The van der Waals surface area contributed by atoms with E-state index in [2.05, 4.69) is 0 Å². The fourth-order valence-corrected chi connectivity index (χ4v) is 6.25. The maximum atomic E-state index is 12.9. The Labute approximate surface area is 124 Å². The summed E-state index contributed by atoms with van der Waals surface area (Å²) in [6, 6.07) is 3.72. The van der Waals surface area contributed by atoms with E-state index in [1.807, 2.05) is 13.0 Å². The maximum Gasteiger partial charge on any atom is 0.252 e. The average Bonchev–Trinajstić information content (AvgIpc) is 2.96. The number of ether oxygens (including phenoxy) is 1. The predicted molar refractivity (Wildman–Crippen MR) is 79.6 cm³/mol. The molecule has 6 heteroatoms.